The summed E-state index contributed by atoms with van der Waals surface area (Å²) in [5.41, 5.74) is 0.302. The van der Waals surface area contributed by atoms with Gasteiger partial charge < -0.3 is 14.8 Å². The zero-order chi connectivity index (χ0) is 13.2. The summed E-state index contributed by atoms with van der Waals surface area (Å²) >= 11 is 0. The number of rotatable bonds is 6. The van der Waals surface area contributed by atoms with Crippen LogP contribution in [0.15, 0.2) is 0 Å². The minimum atomic E-state index is -0.213. The fourth-order valence-corrected chi connectivity index (χ4v) is 3.31. The molecule has 4 nitrogen and oxygen atoms in total. The van der Waals surface area contributed by atoms with Crippen molar-refractivity contribution >= 4 is 5.97 Å². The lowest BCUT2D eigenvalue weighted by Gasteiger charge is -2.61. The number of carbonyl (C=O) groups is 1. The van der Waals surface area contributed by atoms with Gasteiger partial charge in [0, 0.05) is 18.1 Å². The average molecular weight is 255 g/mol. The van der Waals surface area contributed by atoms with E-state index in [1.54, 1.807) is 0 Å². The number of esters is 1. The summed E-state index contributed by atoms with van der Waals surface area (Å²) < 4.78 is 10.8. The minimum absolute atomic E-state index is 0.146. The summed E-state index contributed by atoms with van der Waals surface area (Å²) in [6.07, 6.45) is 5.16. The Morgan fingerprint density at radius 3 is 2.61 bits per heavy atom. The lowest BCUT2D eigenvalue weighted by molar-refractivity contribution is -0.177. The Morgan fingerprint density at radius 1 is 1.39 bits per heavy atom. The van der Waals surface area contributed by atoms with Gasteiger partial charge in [0.05, 0.1) is 12.7 Å². The second kappa shape index (κ2) is 5.57. The molecule has 18 heavy (non-hydrogen) atoms. The van der Waals surface area contributed by atoms with Crippen LogP contribution in [0.4, 0.5) is 0 Å². The summed E-state index contributed by atoms with van der Waals surface area (Å²) in [4.78, 5) is 11.6. The molecule has 2 fully saturated rings. The largest absolute Gasteiger partial charge is 0.465 e. The highest BCUT2D eigenvalue weighted by atomic mass is 16.5. The second-order valence-electron chi connectivity index (χ2n) is 5.46. The van der Waals surface area contributed by atoms with Gasteiger partial charge in [-0.15, -0.1) is 0 Å². The first-order valence-corrected chi connectivity index (χ1v) is 7.18. The molecule has 1 spiro atoms. The molecule has 3 atom stereocenters. The van der Waals surface area contributed by atoms with E-state index in [9.17, 15) is 4.79 Å². The van der Waals surface area contributed by atoms with Crippen LogP contribution in [0.1, 0.15) is 46.5 Å². The number of hydrogen-bond acceptors (Lipinski definition) is 4. The van der Waals surface area contributed by atoms with Gasteiger partial charge >= 0.3 is 5.97 Å². The number of nitrogens with one attached hydrogen (secondary N) is 1. The number of hydrogen-bond donors (Lipinski definition) is 1. The van der Waals surface area contributed by atoms with E-state index in [4.69, 9.17) is 9.47 Å². The van der Waals surface area contributed by atoms with Crippen molar-refractivity contribution in [2.75, 3.05) is 13.2 Å². The molecule has 0 bridgehead atoms. The fourth-order valence-electron chi connectivity index (χ4n) is 3.31. The molecule has 0 amide bonds. The van der Waals surface area contributed by atoms with Crippen molar-refractivity contribution in [1.29, 1.82) is 0 Å². The van der Waals surface area contributed by atoms with Gasteiger partial charge in [-0.25, -0.2) is 0 Å². The van der Waals surface area contributed by atoms with E-state index in [0.29, 0.717) is 24.2 Å². The van der Waals surface area contributed by atoms with Crippen LogP contribution in [0.25, 0.3) is 0 Å². The molecule has 0 radical (unpaired) electrons. The van der Waals surface area contributed by atoms with Crippen molar-refractivity contribution in [3.8, 4) is 0 Å². The summed E-state index contributed by atoms with van der Waals surface area (Å²) in [5.74, 6) is -0.146. The van der Waals surface area contributed by atoms with Crippen LogP contribution in [0, 0.1) is 5.41 Å². The Morgan fingerprint density at radius 2 is 2.11 bits per heavy atom. The van der Waals surface area contributed by atoms with E-state index < -0.39 is 0 Å². The number of ether oxygens (including phenoxy) is 2. The summed E-state index contributed by atoms with van der Waals surface area (Å²) in [7, 11) is 0. The molecular formula is C14H25NO3. The Kier molecular flexibility index (Phi) is 4.28. The molecule has 4 heteroatoms. The van der Waals surface area contributed by atoms with Crippen LogP contribution in [0.3, 0.4) is 0 Å². The standard InChI is InChI=1S/C14H25NO3/c1-4-17-12-9-11(14(12)7-6-8-14)15-10(3)13(16)18-5-2/h10-12,15H,4-9H2,1-3H3. The molecule has 0 aliphatic heterocycles. The van der Waals surface area contributed by atoms with Crippen molar-refractivity contribution in [3.05, 3.63) is 0 Å². The Balaban J connectivity index is 1.86. The van der Waals surface area contributed by atoms with Gasteiger partial charge in [0.25, 0.3) is 0 Å². The van der Waals surface area contributed by atoms with Gasteiger partial charge in [-0.05, 0) is 40.0 Å². The Labute approximate surface area is 109 Å². The van der Waals surface area contributed by atoms with Crippen LogP contribution in [0.5, 0.6) is 0 Å². The third kappa shape index (κ3) is 2.28. The molecule has 0 aromatic rings. The summed E-state index contributed by atoms with van der Waals surface area (Å²) in [5, 5.41) is 3.43. The predicted octanol–water partition coefficient (Wildman–Crippen LogP) is 1.88. The zero-order valence-corrected chi connectivity index (χ0v) is 11.7. The van der Waals surface area contributed by atoms with Crippen LogP contribution >= 0.6 is 0 Å². The van der Waals surface area contributed by atoms with E-state index >= 15 is 0 Å². The van der Waals surface area contributed by atoms with Crippen molar-refractivity contribution in [2.45, 2.75) is 64.6 Å². The highest BCUT2D eigenvalue weighted by molar-refractivity contribution is 5.75. The van der Waals surface area contributed by atoms with Gasteiger partial charge in [0.2, 0.25) is 0 Å². The molecule has 0 aromatic carbocycles. The molecule has 2 aliphatic carbocycles. The fraction of sp³-hybridized carbons (Fsp3) is 0.929. The second-order valence-corrected chi connectivity index (χ2v) is 5.46. The molecule has 3 unspecified atom stereocenters. The van der Waals surface area contributed by atoms with E-state index in [-0.39, 0.29) is 12.0 Å². The van der Waals surface area contributed by atoms with Crippen molar-refractivity contribution in [3.63, 3.8) is 0 Å². The van der Waals surface area contributed by atoms with Crippen LogP contribution < -0.4 is 5.32 Å². The predicted molar refractivity (Wildman–Crippen MR) is 69.3 cm³/mol. The van der Waals surface area contributed by atoms with Crippen molar-refractivity contribution in [1.82, 2.24) is 5.32 Å². The molecular weight excluding hydrogens is 230 g/mol. The monoisotopic (exact) mass is 255 g/mol. The summed E-state index contributed by atoms with van der Waals surface area (Å²) in [6.45, 7) is 7.01. The SMILES string of the molecule is CCOC(=O)C(C)NC1CC(OCC)C12CCC2. The van der Waals surface area contributed by atoms with Gasteiger partial charge in [0.15, 0.2) is 0 Å². The molecule has 104 valence electrons. The molecule has 2 saturated carbocycles. The van der Waals surface area contributed by atoms with Crippen molar-refractivity contribution in [2.24, 2.45) is 5.41 Å². The topological polar surface area (TPSA) is 47.6 Å². The smallest absolute Gasteiger partial charge is 0.322 e. The summed E-state index contributed by atoms with van der Waals surface area (Å²) in [6, 6.07) is 0.206. The zero-order valence-electron chi connectivity index (χ0n) is 11.7. The lowest BCUT2D eigenvalue weighted by atomic mass is 9.51. The van der Waals surface area contributed by atoms with E-state index in [0.717, 1.165) is 13.0 Å². The first-order valence-electron chi connectivity index (χ1n) is 7.18. The van der Waals surface area contributed by atoms with Gasteiger partial charge in [0.1, 0.15) is 6.04 Å². The normalized spacial score (nSPS) is 30.4. The molecule has 0 heterocycles. The molecule has 2 rings (SSSR count). The Hall–Kier alpha value is -0.610. The van der Waals surface area contributed by atoms with Crippen molar-refractivity contribution < 1.29 is 14.3 Å². The first-order chi connectivity index (χ1) is 8.64. The van der Waals surface area contributed by atoms with Crippen LogP contribution in [0.2, 0.25) is 0 Å². The van der Waals surface area contributed by atoms with Gasteiger partial charge in [-0.3, -0.25) is 4.79 Å². The third-order valence-corrected chi connectivity index (χ3v) is 4.53. The highest BCUT2D eigenvalue weighted by Gasteiger charge is 2.59. The average Bonchev–Trinajstić information content (AvgIpc) is 2.25. The molecule has 1 N–H and O–H groups in total. The van der Waals surface area contributed by atoms with E-state index in [1.807, 2.05) is 20.8 Å². The van der Waals surface area contributed by atoms with E-state index in [2.05, 4.69) is 5.32 Å². The van der Waals surface area contributed by atoms with Crippen LogP contribution in [-0.4, -0.2) is 37.4 Å². The lowest BCUT2D eigenvalue weighted by Crippen LogP contribution is -2.68. The highest BCUT2D eigenvalue weighted by Crippen LogP contribution is 2.57. The maximum absolute atomic E-state index is 11.6. The Bertz CT molecular complexity index is 301. The number of carbonyl (C=O) groups excluding carboxylic acids is 1. The first kappa shape index (κ1) is 13.8. The van der Waals surface area contributed by atoms with Crippen LogP contribution in [-0.2, 0) is 14.3 Å². The maximum atomic E-state index is 11.6. The molecule has 2 aliphatic rings. The third-order valence-electron chi connectivity index (χ3n) is 4.53. The molecule has 0 saturated heterocycles. The quantitative estimate of drug-likeness (QED) is 0.736. The van der Waals surface area contributed by atoms with Gasteiger partial charge in [-0.2, -0.15) is 0 Å². The maximum Gasteiger partial charge on any atom is 0.322 e. The van der Waals surface area contributed by atoms with Gasteiger partial charge in [-0.1, -0.05) is 6.42 Å². The van der Waals surface area contributed by atoms with E-state index in [1.165, 1.54) is 19.3 Å². The molecule has 0 aromatic heterocycles. The minimum Gasteiger partial charge on any atom is -0.465 e.